The molecule has 0 heterocycles. The van der Waals surface area contributed by atoms with E-state index in [1.54, 1.807) is 6.08 Å². The molecule has 0 aliphatic heterocycles. The first kappa shape index (κ1) is 29.4. The van der Waals surface area contributed by atoms with Crippen molar-refractivity contribution in [2.24, 2.45) is 5.41 Å². The third kappa shape index (κ3) is 7.32. The zero-order valence-electron chi connectivity index (χ0n) is 23.6. The van der Waals surface area contributed by atoms with E-state index >= 15 is 0 Å². The van der Waals surface area contributed by atoms with E-state index in [2.05, 4.69) is 61.5 Å². The molecule has 0 amide bonds. The van der Waals surface area contributed by atoms with E-state index in [0.717, 1.165) is 16.9 Å². The summed E-state index contributed by atoms with van der Waals surface area (Å²) in [6, 6.07) is 14.0. The van der Waals surface area contributed by atoms with Gasteiger partial charge in [-0.05, 0) is 47.2 Å². The summed E-state index contributed by atoms with van der Waals surface area (Å²) in [5.41, 5.74) is 2.52. The van der Waals surface area contributed by atoms with Crippen molar-refractivity contribution in [1.29, 1.82) is 0 Å². The zero-order valence-corrected chi connectivity index (χ0v) is 25.6. The Balaban J connectivity index is 2.41. The summed E-state index contributed by atoms with van der Waals surface area (Å²) in [5, 5.41) is 0. The molecule has 1 aromatic rings. The molecule has 194 valence electrons. The molecule has 0 bridgehead atoms. The number of benzene rings is 1. The molecular weight excluding hydrogens is 451 g/mol. The second-order valence-electron chi connectivity index (χ2n) is 12.1. The molecule has 0 aromatic heterocycles. The van der Waals surface area contributed by atoms with Gasteiger partial charge in [0, 0.05) is 5.56 Å². The third-order valence-corrected chi connectivity index (χ3v) is 20.7. The SMILES string of the molecule is CCCCCCC(C)(C)C[Si](CC[Si](CC)(CC)CC)(Oc1cccc2c1C(F)C=C2)C(C)C. The molecule has 1 aliphatic rings. The Morgan fingerprint density at radius 3 is 2.24 bits per heavy atom. The first-order valence-electron chi connectivity index (χ1n) is 14.2. The molecule has 0 spiro atoms. The minimum atomic E-state index is -2.21. The van der Waals surface area contributed by atoms with Crippen molar-refractivity contribution in [2.75, 3.05) is 0 Å². The van der Waals surface area contributed by atoms with Gasteiger partial charge in [-0.1, -0.05) is 123 Å². The number of rotatable bonds is 16. The van der Waals surface area contributed by atoms with Crippen LogP contribution in [0.15, 0.2) is 24.3 Å². The summed E-state index contributed by atoms with van der Waals surface area (Å²) in [4.78, 5) is 0. The normalized spacial score (nSPS) is 17.8. The number of unbranched alkanes of at least 4 members (excludes halogenated alkanes) is 3. The summed E-state index contributed by atoms with van der Waals surface area (Å²) in [5.74, 6) is 0.828. The maximum atomic E-state index is 14.9. The van der Waals surface area contributed by atoms with Gasteiger partial charge in [-0.25, -0.2) is 4.39 Å². The quantitative estimate of drug-likeness (QED) is 0.161. The lowest BCUT2D eigenvalue weighted by atomic mass is 9.89. The van der Waals surface area contributed by atoms with Crippen LogP contribution in [0.2, 0.25) is 41.8 Å². The molecule has 0 saturated heterocycles. The van der Waals surface area contributed by atoms with Crippen molar-refractivity contribution in [3.05, 3.63) is 35.4 Å². The summed E-state index contributed by atoms with van der Waals surface area (Å²) < 4.78 is 22.2. The van der Waals surface area contributed by atoms with Crippen molar-refractivity contribution in [3.8, 4) is 5.75 Å². The predicted molar refractivity (Wildman–Crippen MR) is 155 cm³/mol. The highest BCUT2D eigenvalue weighted by Crippen LogP contribution is 2.47. The van der Waals surface area contributed by atoms with Crippen LogP contribution in [-0.4, -0.2) is 16.4 Å². The molecule has 1 nitrogen and oxygen atoms in total. The average Bonchev–Trinajstić information content (AvgIpc) is 3.19. The standard InChI is InChI=1S/C30H53FOSi2/c1-9-13-14-15-21-30(7,8)24-34(25(5)6,23-22-33(10-2,11-3)12-4)32-28-18-16-17-26-19-20-27(31)29(26)28/h16-20,25,27H,9-15,21-24H2,1-8H3. The highest BCUT2D eigenvalue weighted by molar-refractivity contribution is 6.83. The van der Waals surface area contributed by atoms with Gasteiger partial charge < -0.3 is 4.43 Å². The van der Waals surface area contributed by atoms with Crippen molar-refractivity contribution in [1.82, 2.24) is 0 Å². The number of fused-ring (bicyclic) bond motifs is 1. The lowest BCUT2D eigenvalue weighted by Crippen LogP contribution is -2.50. The van der Waals surface area contributed by atoms with E-state index in [0.29, 0.717) is 5.54 Å². The number of allylic oxidation sites excluding steroid dienone is 1. The second kappa shape index (κ2) is 12.9. The highest BCUT2D eigenvalue weighted by Gasteiger charge is 2.47. The molecule has 2 atom stereocenters. The molecule has 34 heavy (non-hydrogen) atoms. The minimum Gasteiger partial charge on any atom is -0.543 e. The molecule has 1 aliphatic carbocycles. The van der Waals surface area contributed by atoms with Crippen molar-refractivity contribution >= 4 is 22.5 Å². The van der Waals surface area contributed by atoms with Gasteiger partial charge >= 0.3 is 0 Å². The van der Waals surface area contributed by atoms with Crippen LogP contribution in [0.4, 0.5) is 4.39 Å². The topological polar surface area (TPSA) is 9.23 Å². The maximum absolute atomic E-state index is 14.9. The summed E-state index contributed by atoms with van der Waals surface area (Å²) in [7, 11) is -3.48. The Morgan fingerprint density at radius 1 is 0.971 bits per heavy atom. The van der Waals surface area contributed by atoms with Gasteiger partial charge in [0.05, 0.1) is 8.07 Å². The lowest BCUT2D eigenvalue weighted by molar-refractivity contribution is 0.331. The average molecular weight is 505 g/mol. The Labute approximate surface area is 213 Å². The van der Waals surface area contributed by atoms with Crippen LogP contribution in [0.25, 0.3) is 6.08 Å². The molecule has 0 N–H and O–H groups in total. The van der Waals surface area contributed by atoms with Crippen LogP contribution in [-0.2, 0) is 0 Å². The number of halogens is 1. The smallest absolute Gasteiger partial charge is 0.254 e. The molecule has 0 radical (unpaired) electrons. The second-order valence-corrected chi connectivity index (χ2v) is 22.0. The molecule has 4 heteroatoms. The van der Waals surface area contributed by atoms with E-state index in [9.17, 15) is 4.39 Å². The first-order chi connectivity index (χ1) is 16.1. The largest absolute Gasteiger partial charge is 0.543 e. The number of hydrogen-bond donors (Lipinski definition) is 0. The summed E-state index contributed by atoms with van der Waals surface area (Å²) in [6.45, 7) is 19.2. The highest BCUT2D eigenvalue weighted by atomic mass is 28.4. The van der Waals surface area contributed by atoms with Crippen molar-refractivity contribution in [3.63, 3.8) is 0 Å². The molecule has 0 saturated carbocycles. The van der Waals surface area contributed by atoms with E-state index in [1.165, 1.54) is 68.4 Å². The van der Waals surface area contributed by atoms with E-state index < -0.39 is 22.6 Å². The van der Waals surface area contributed by atoms with E-state index in [4.69, 9.17) is 4.43 Å². The Morgan fingerprint density at radius 2 is 1.65 bits per heavy atom. The number of alkyl halides is 1. The maximum Gasteiger partial charge on any atom is 0.254 e. The predicted octanol–water partition coefficient (Wildman–Crippen LogP) is 11.0. The van der Waals surface area contributed by atoms with E-state index in [1.807, 2.05) is 18.2 Å². The van der Waals surface area contributed by atoms with Gasteiger partial charge in [-0.3, -0.25) is 0 Å². The van der Waals surface area contributed by atoms with Gasteiger partial charge in [0.15, 0.2) is 0 Å². The Kier molecular flexibility index (Phi) is 11.1. The van der Waals surface area contributed by atoms with Gasteiger partial charge in [-0.2, -0.15) is 0 Å². The van der Waals surface area contributed by atoms with Crippen LogP contribution < -0.4 is 4.43 Å². The fraction of sp³-hybridized carbons (Fsp3) is 0.733. The zero-order chi connectivity index (χ0) is 25.4. The lowest BCUT2D eigenvalue weighted by Gasteiger charge is -2.43. The monoisotopic (exact) mass is 504 g/mol. The molecule has 0 fully saturated rings. The van der Waals surface area contributed by atoms with Gasteiger partial charge in [-0.15, -0.1) is 0 Å². The van der Waals surface area contributed by atoms with Crippen LogP contribution >= 0.6 is 0 Å². The van der Waals surface area contributed by atoms with E-state index in [-0.39, 0.29) is 5.41 Å². The third-order valence-electron chi connectivity index (χ3n) is 9.00. The summed E-state index contributed by atoms with van der Waals surface area (Å²) >= 11 is 0. The van der Waals surface area contributed by atoms with Crippen LogP contribution in [0, 0.1) is 5.41 Å². The number of hydrogen-bond acceptors (Lipinski definition) is 1. The fourth-order valence-electron chi connectivity index (χ4n) is 6.07. The van der Waals surface area contributed by atoms with Crippen molar-refractivity contribution < 1.29 is 8.82 Å². The van der Waals surface area contributed by atoms with Gasteiger partial charge in [0.2, 0.25) is 0 Å². The Hall–Kier alpha value is -0.876. The Bertz CT molecular complexity index is 776. The van der Waals surface area contributed by atoms with Gasteiger partial charge in [0.25, 0.3) is 8.32 Å². The van der Waals surface area contributed by atoms with Crippen molar-refractivity contribution in [2.45, 2.75) is 135 Å². The molecule has 2 rings (SSSR count). The molecular formula is C30H53FOSi2. The molecule has 2 unspecified atom stereocenters. The van der Waals surface area contributed by atoms with Crippen LogP contribution in [0.5, 0.6) is 5.75 Å². The minimum absolute atomic E-state index is 0.254. The van der Waals surface area contributed by atoms with Crippen LogP contribution in [0.3, 0.4) is 0 Å². The van der Waals surface area contributed by atoms with Crippen LogP contribution in [0.1, 0.15) is 105 Å². The first-order valence-corrected chi connectivity index (χ1v) is 19.4. The summed E-state index contributed by atoms with van der Waals surface area (Å²) in [6.07, 6.45) is 9.07. The fourth-order valence-corrected chi connectivity index (χ4v) is 16.4. The molecule has 1 aromatic carbocycles. The van der Waals surface area contributed by atoms with Gasteiger partial charge in [0.1, 0.15) is 11.9 Å².